The largest absolute Gasteiger partial charge is 0.489 e. The zero-order chi connectivity index (χ0) is 23.9. The molecule has 1 aliphatic heterocycles. The van der Waals surface area contributed by atoms with E-state index in [0.717, 1.165) is 17.7 Å². The number of alkyl halides is 3. The third-order valence-corrected chi connectivity index (χ3v) is 5.94. The van der Waals surface area contributed by atoms with Crippen molar-refractivity contribution in [1.29, 1.82) is 0 Å². The van der Waals surface area contributed by atoms with E-state index in [1.807, 2.05) is 0 Å². The fourth-order valence-electron chi connectivity index (χ4n) is 3.67. The molecule has 0 saturated carbocycles. The van der Waals surface area contributed by atoms with E-state index in [4.69, 9.17) is 4.74 Å². The van der Waals surface area contributed by atoms with Gasteiger partial charge in [-0.1, -0.05) is 34.1 Å². The Morgan fingerprint density at radius 1 is 1.12 bits per heavy atom. The molecule has 2 heterocycles. The molecule has 1 aromatic heterocycles. The highest BCUT2D eigenvalue weighted by molar-refractivity contribution is 9.10. The Hall–Kier alpha value is -3.47. The number of benzene rings is 2. The third kappa shape index (κ3) is 4.28. The zero-order valence-electron chi connectivity index (χ0n) is 17.0. The first-order valence-electron chi connectivity index (χ1n) is 9.61. The molecule has 3 aromatic rings. The summed E-state index contributed by atoms with van der Waals surface area (Å²) in [6.07, 6.45) is -4.01. The summed E-state index contributed by atoms with van der Waals surface area (Å²) in [5, 5.41) is 11.3. The molecule has 0 N–H and O–H groups in total. The molecule has 0 unspecified atom stereocenters. The molecule has 0 aliphatic carbocycles. The number of pyridine rings is 1. The highest BCUT2D eigenvalue weighted by atomic mass is 79.9. The molecule has 1 amide bonds. The number of ether oxygens (including phenoxy) is 1. The molecule has 0 atom stereocenters. The van der Waals surface area contributed by atoms with Gasteiger partial charge in [-0.3, -0.25) is 9.69 Å². The average molecular weight is 522 g/mol. The number of nitrogens with zero attached hydrogens (tertiary/aromatic N) is 3. The predicted molar refractivity (Wildman–Crippen MR) is 117 cm³/mol. The summed E-state index contributed by atoms with van der Waals surface area (Å²) in [6.45, 7) is 0.236. The van der Waals surface area contributed by atoms with E-state index in [1.54, 1.807) is 18.2 Å². The Balaban J connectivity index is 1.66. The van der Waals surface area contributed by atoms with Gasteiger partial charge in [-0.05, 0) is 57.3 Å². The minimum absolute atomic E-state index is 0.0135. The van der Waals surface area contributed by atoms with Crippen LogP contribution in [0.25, 0.3) is 11.1 Å². The first-order valence-corrected chi connectivity index (χ1v) is 10.4. The number of rotatable bonds is 4. The molecule has 33 heavy (non-hydrogen) atoms. The standard InChI is InChI=1S/C22H15BrF3N3O4/c1-33-18-6-7-19(27-20(18)29(31)32)28-9-8-13-10-12(2-4-16(13)21(28)30)15-5-3-14(11-17(15)23)22(24,25)26/h2-7,10-11H,8-9H2,1H3. The van der Waals surface area contributed by atoms with Crippen LogP contribution in [0.15, 0.2) is 53.0 Å². The number of carbonyl (C=O) groups excluding carboxylic acids is 1. The highest BCUT2D eigenvalue weighted by Crippen LogP contribution is 2.37. The second kappa shape index (κ2) is 8.47. The van der Waals surface area contributed by atoms with E-state index in [1.165, 1.54) is 30.2 Å². The number of hydrogen-bond acceptors (Lipinski definition) is 5. The summed E-state index contributed by atoms with van der Waals surface area (Å²) < 4.78 is 44.1. The van der Waals surface area contributed by atoms with Gasteiger partial charge in [0.05, 0.1) is 12.7 Å². The normalized spacial score (nSPS) is 13.6. The molecule has 1 aliphatic rings. The Bertz CT molecular complexity index is 1280. The maximum absolute atomic E-state index is 13.1. The fraction of sp³-hybridized carbons (Fsp3) is 0.182. The Labute approximate surface area is 194 Å². The number of anilines is 1. The first-order chi connectivity index (χ1) is 15.6. The van der Waals surface area contributed by atoms with Crippen LogP contribution in [-0.2, 0) is 12.6 Å². The van der Waals surface area contributed by atoms with Crippen molar-refractivity contribution >= 4 is 33.5 Å². The van der Waals surface area contributed by atoms with Crippen LogP contribution in [0.2, 0.25) is 0 Å². The number of hydrogen-bond donors (Lipinski definition) is 0. The Morgan fingerprint density at radius 3 is 2.48 bits per heavy atom. The minimum Gasteiger partial charge on any atom is -0.489 e. The summed E-state index contributed by atoms with van der Waals surface area (Å²) in [6, 6.07) is 11.3. The molecule has 11 heteroatoms. The zero-order valence-corrected chi connectivity index (χ0v) is 18.6. The lowest BCUT2D eigenvalue weighted by molar-refractivity contribution is -0.390. The SMILES string of the molecule is COc1ccc(N2CCc3cc(-c4ccc(C(F)(F)F)cc4Br)ccc3C2=O)nc1[N+](=O)[O-]. The van der Waals surface area contributed by atoms with Crippen LogP contribution in [0.5, 0.6) is 5.75 Å². The van der Waals surface area contributed by atoms with Crippen molar-refractivity contribution in [2.75, 3.05) is 18.6 Å². The molecule has 4 rings (SSSR count). The van der Waals surface area contributed by atoms with E-state index >= 15 is 0 Å². The van der Waals surface area contributed by atoms with Crippen LogP contribution in [0, 0.1) is 10.1 Å². The molecule has 0 fully saturated rings. The van der Waals surface area contributed by atoms with Crippen LogP contribution in [0.4, 0.5) is 24.8 Å². The second-order valence-corrected chi connectivity index (χ2v) is 8.08. The number of fused-ring (bicyclic) bond motifs is 1. The summed E-state index contributed by atoms with van der Waals surface area (Å²) in [7, 11) is 1.29. The average Bonchev–Trinajstić information content (AvgIpc) is 2.78. The van der Waals surface area contributed by atoms with Crippen LogP contribution in [0.1, 0.15) is 21.5 Å². The van der Waals surface area contributed by atoms with Gasteiger partial charge in [-0.2, -0.15) is 13.2 Å². The number of amides is 1. The van der Waals surface area contributed by atoms with E-state index in [9.17, 15) is 28.1 Å². The lowest BCUT2D eigenvalue weighted by Crippen LogP contribution is -2.38. The van der Waals surface area contributed by atoms with Gasteiger partial charge in [0.2, 0.25) is 5.75 Å². The number of halogens is 4. The molecular weight excluding hydrogens is 507 g/mol. The molecule has 2 aromatic carbocycles. The van der Waals surface area contributed by atoms with Crippen molar-refractivity contribution < 1.29 is 27.6 Å². The first kappa shape index (κ1) is 22.7. The molecule has 170 valence electrons. The molecular formula is C22H15BrF3N3O4. The van der Waals surface area contributed by atoms with Crippen molar-refractivity contribution in [3.8, 4) is 16.9 Å². The highest BCUT2D eigenvalue weighted by Gasteiger charge is 2.32. The van der Waals surface area contributed by atoms with Gasteiger partial charge in [0.1, 0.15) is 0 Å². The summed E-state index contributed by atoms with van der Waals surface area (Å²) >= 11 is 3.21. The number of nitro groups is 1. The topological polar surface area (TPSA) is 85.6 Å². The lowest BCUT2D eigenvalue weighted by Gasteiger charge is -2.26. The van der Waals surface area contributed by atoms with Gasteiger partial charge in [0.25, 0.3) is 11.7 Å². The van der Waals surface area contributed by atoms with Crippen LogP contribution in [-0.4, -0.2) is 29.5 Å². The third-order valence-electron chi connectivity index (χ3n) is 5.29. The van der Waals surface area contributed by atoms with Gasteiger partial charge in [-0.25, -0.2) is 0 Å². The smallest absolute Gasteiger partial charge is 0.416 e. The van der Waals surface area contributed by atoms with Crippen molar-refractivity contribution in [1.82, 2.24) is 4.98 Å². The quantitative estimate of drug-likeness (QED) is 0.327. The van der Waals surface area contributed by atoms with Crippen LogP contribution in [0.3, 0.4) is 0 Å². The monoisotopic (exact) mass is 521 g/mol. The van der Waals surface area contributed by atoms with E-state index < -0.39 is 22.5 Å². The number of methoxy groups -OCH3 is 1. The Morgan fingerprint density at radius 2 is 1.85 bits per heavy atom. The molecule has 0 bridgehead atoms. The molecule has 0 spiro atoms. The van der Waals surface area contributed by atoms with Crippen molar-refractivity contribution in [2.45, 2.75) is 12.6 Å². The number of carbonyl (C=O) groups is 1. The van der Waals surface area contributed by atoms with Crippen molar-refractivity contribution in [3.05, 3.63) is 79.8 Å². The van der Waals surface area contributed by atoms with E-state index in [2.05, 4.69) is 20.9 Å². The maximum atomic E-state index is 13.1. The van der Waals surface area contributed by atoms with Crippen molar-refractivity contribution in [3.63, 3.8) is 0 Å². The van der Waals surface area contributed by atoms with Gasteiger partial charge in [0, 0.05) is 22.6 Å². The fourth-order valence-corrected chi connectivity index (χ4v) is 4.27. The minimum atomic E-state index is -4.45. The van der Waals surface area contributed by atoms with Crippen LogP contribution >= 0.6 is 15.9 Å². The Kier molecular flexibility index (Phi) is 5.83. The number of aromatic nitrogens is 1. The van der Waals surface area contributed by atoms with Gasteiger partial charge in [0.15, 0.2) is 0 Å². The van der Waals surface area contributed by atoms with Gasteiger partial charge >= 0.3 is 12.0 Å². The van der Waals surface area contributed by atoms with E-state index in [0.29, 0.717) is 23.1 Å². The van der Waals surface area contributed by atoms with E-state index in [-0.39, 0.29) is 28.5 Å². The molecule has 0 saturated heterocycles. The second-order valence-electron chi connectivity index (χ2n) is 7.22. The van der Waals surface area contributed by atoms with Gasteiger partial charge in [-0.15, -0.1) is 0 Å². The van der Waals surface area contributed by atoms with Crippen LogP contribution < -0.4 is 9.64 Å². The molecule has 7 nitrogen and oxygen atoms in total. The predicted octanol–water partition coefficient (Wildman–Crippen LogP) is 5.65. The summed E-state index contributed by atoms with van der Waals surface area (Å²) in [5.74, 6) is -0.745. The van der Waals surface area contributed by atoms with Gasteiger partial charge < -0.3 is 14.9 Å². The molecule has 0 radical (unpaired) electrons. The maximum Gasteiger partial charge on any atom is 0.416 e. The lowest BCUT2D eigenvalue weighted by atomic mass is 9.93. The summed E-state index contributed by atoms with van der Waals surface area (Å²) in [4.78, 5) is 29.0. The van der Waals surface area contributed by atoms with Crippen molar-refractivity contribution in [2.24, 2.45) is 0 Å². The summed E-state index contributed by atoms with van der Waals surface area (Å²) in [5.41, 5.74) is 1.58.